The van der Waals surface area contributed by atoms with Gasteiger partial charge in [0.1, 0.15) is 0 Å². The molecule has 1 aliphatic rings. The van der Waals surface area contributed by atoms with Crippen LogP contribution in [0.3, 0.4) is 0 Å². The van der Waals surface area contributed by atoms with Gasteiger partial charge in [-0.3, -0.25) is 4.79 Å². The molecule has 1 aliphatic heterocycles. The minimum Gasteiger partial charge on any atom is -0.367 e. The summed E-state index contributed by atoms with van der Waals surface area (Å²) in [6.45, 7) is 5.88. The summed E-state index contributed by atoms with van der Waals surface area (Å²) in [5.74, 6) is 0.0359. The summed E-state index contributed by atoms with van der Waals surface area (Å²) in [6.07, 6.45) is 0. The number of fused-ring (bicyclic) bond motifs is 1. The topological polar surface area (TPSA) is 32.3 Å². The lowest BCUT2D eigenvalue weighted by molar-refractivity contribution is 0.0958. The third-order valence-electron chi connectivity index (χ3n) is 2.72. The molecule has 0 aliphatic carbocycles. The van der Waals surface area contributed by atoms with E-state index >= 15 is 0 Å². The maximum atomic E-state index is 11.7. The second-order valence-corrected chi connectivity index (χ2v) is 4.06. The van der Waals surface area contributed by atoms with Crippen LogP contribution in [0, 0.1) is 0 Å². The maximum absolute atomic E-state index is 11.7. The largest absolute Gasteiger partial charge is 0.367 e. The van der Waals surface area contributed by atoms with Crippen LogP contribution in [-0.2, 0) is 0 Å². The Hall–Kier alpha value is -1.51. The SMILES string of the molecule is CC(C)N1CCNC(=O)c2ccccc21. The minimum atomic E-state index is 0.0359. The summed E-state index contributed by atoms with van der Waals surface area (Å²) in [5.41, 5.74) is 1.83. The number of amides is 1. The molecule has 0 atom stereocenters. The molecular formula is C12H16N2O. The summed E-state index contributed by atoms with van der Waals surface area (Å²) < 4.78 is 0. The number of para-hydroxylation sites is 1. The Labute approximate surface area is 90.1 Å². The highest BCUT2D eigenvalue weighted by molar-refractivity contribution is 6.00. The van der Waals surface area contributed by atoms with Crippen LogP contribution in [0.4, 0.5) is 5.69 Å². The number of nitrogens with one attached hydrogen (secondary N) is 1. The van der Waals surface area contributed by atoms with Crippen molar-refractivity contribution in [2.45, 2.75) is 19.9 Å². The predicted molar refractivity (Wildman–Crippen MR) is 61.3 cm³/mol. The van der Waals surface area contributed by atoms with E-state index in [1.165, 1.54) is 0 Å². The van der Waals surface area contributed by atoms with Gasteiger partial charge >= 0.3 is 0 Å². The van der Waals surface area contributed by atoms with E-state index in [-0.39, 0.29) is 5.91 Å². The molecule has 2 rings (SSSR count). The molecule has 0 bridgehead atoms. The van der Waals surface area contributed by atoms with E-state index in [0.29, 0.717) is 12.6 Å². The maximum Gasteiger partial charge on any atom is 0.253 e. The van der Waals surface area contributed by atoms with E-state index in [0.717, 1.165) is 17.8 Å². The molecule has 0 fully saturated rings. The van der Waals surface area contributed by atoms with Crippen molar-refractivity contribution in [3.05, 3.63) is 29.8 Å². The van der Waals surface area contributed by atoms with Crippen molar-refractivity contribution in [3.8, 4) is 0 Å². The molecule has 15 heavy (non-hydrogen) atoms. The van der Waals surface area contributed by atoms with Crippen LogP contribution in [-0.4, -0.2) is 25.0 Å². The van der Waals surface area contributed by atoms with E-state index in [1.54, 1.807) is 0 Å². The highest BCUT2D eigenvalue weighted by Crippen LogP contribution is 2.23. The first-order chi connectivity index (χ1) is 7.20. The average Bonchev–Trinajstić information content (AvgIpc) is 2.39. The normalized spacial score (nSPS) is 15.9. The number of nitrogens with zero attached hydrogens (tertiary/aromatic N) is 1. The first-order valence-corrected chi connectivity index (χ1v) is 5.34. The van der Waals surface area contributed by atoms with E-state index in [1.807, 2.05) is 24.3 Å². The molecule has 0 saturated carbocycles. The number of rotatable bonds is 1. The molecule has 1 heterocycles. The lowest BCUT2D eigenvalue weighted by Crippen LogP contribution is -2.34. The second kappa shape index (κ2) is 3.93. The fourth-order valence-corrected chi connectivity index (χ4v) is 1.96. The Balaban J connectivity index is 2.47. The standard InChI is InChI=1S/C12H16N2O/c1-9(2)14-8-7-13-12(15)10-5-3-4-6-11(10)14/h3-6,9H,7-8H2,1-2H3,(H,13,15). The molecule has 3 nitrogen and oxygen atoms in total. The van der Waals surface area contributed by atoms with Gasteiger partial charge in [-0.15, -0.1) is 0 Å². The van der Waals surface area contributed by atoms with Gasteiger partial charge in [-0.2, -0.15) is 0 Å². The predicted octanol–water partition coefficient (Wildman–Crippen LogP) is 1.64. The molecule has 0 saturated heterocycles. The van der Waals surface area contributed by atoms with Crippen LogP contribution in [0.25, 0.3) is 0 Å². The number of carbonyl (C=O) groups is 1. The van der Waals surface area contributed by atoms with Crippen LogP contribution >= 0.6 is 0 Å². The van der Waals surface area contributed by atoms with Crippen molar-refractivity contribution < 1.29 is 4.79 Å². The van der Waals surface area contributed by atoms with Crippen molar-refractivity contribution >= 4 is 11.6 Å². The quantitative estimate of drug-likeness (QED) is 0.754. The smallest absolute Gasteiger partial charge is 0.253 e. The Morgan fingerprint density at radius 1 is 1.33 bits per heavy atom. The molecule has 0 unspecified atom stereocenters. The first kappa shape index (κ1) is 10.0. The van der Waals surface area contributed by atoms with Gasteiger partial charge in [0.2, 0.25) is 0 Å². The van der Waals surface area contributed by atoms with Gasteiger partial charge in [0.15, 0.2) is 0 Å². The number of carbonyl (C=O) groups excluding carboxylic acids is 1. The number of hydrogen-bond donors (Lipinski definition) is 1. The Bertz CT molecular complexity index is 374. The highest BCUT2D eigenvalue weighted by atomic mass is 16.1. The molecule has 1 N–H and O–H groups in total. The third kappa shape index (κ3) is 1.82. The van der Waals surface area contributed by atoms with E-state index in [4.69, 9.17) is 0 Å². The van der Waals surface area contributed by atoms with Gasteiger partial charge in [0.25, 0.3) is 5.91 Å². The van der Waals surface area contributed by atoms with Gasteiger partial charge in [-0.1, -0.05) is 12.1 Å². The molecule has 0 aromatic heterocycles. The van der Waals surface area contributed by atoms with E-state index in [9.17, 15) is 4.79 Å². The Kier molecular flexibility index (Phi) is 2.62. The van der Waals surface area contributed by atoms with Crippen LogP contribution in [0.15, 0.2) is 24.3 Å². The minimum absolute atomic E-state index is 0.0359. The first-order valence-electron chi connectivity index (χ1n) is 5.34. The van der Waals surface area contributed by atoms with Gasteiger partial charge in [0, 0.05) is 24.8 Å². The molecule has 1 aromatic carbocycles. The van der Waals surface area contributed by atoms with Crippen molar-refractivity contribution in [3.63, 3.8) is 0 Å². The fraction of sp³-hybridized carbons (Fsp3) is 0.417. The Morgan fingerprint density at radius 3 is 2.80 bits per heavy atom. The van der Waals surface area contributed by atoms with Crippen molar-refractivity contribution in [2.75, 3.05) is 18.0 Å². The third-order valence-corrected chi connectivity index (χ3v) is 2.72. The summed E-state index contributed by atoms with van der Waals surface area (Å²) in [7, 11) is 0. The molecule has 3 heteroatoms. The van der Waals surface area contributed by atoms with Crippen LogP contribution < -0.4 is 10.2 Å². The molecule has 80 valence electrons. The molecule has 1 amide bonds. The zero-order chi connectivity index (χ0) is 10.8. The van der Waals surface area contributed by atoms with Crippen molar-refractivity contribution in [1.82, 2.24) is 5.32 Å². The monoisotopic (exact) mass is 204 g/mol. The van der Waals surface area contributed by atoms with Gasteiger partial charge < -0.3 is 10.2 Å². The second-order valence-electron chi connectivity index (χ2n) is 4.06. The van der Waals surface area contributed by atoms with E-state index in [2.05, 4.69) is 24.1 Å². The molecule has 0 radical (unpaired) electrons. The highest BCUT2D eigenvalue weighted by Gasteiger charge is 2.21. The zero-order valence-corrected chi connectivity index (χ0v) is 9.16. The lowest BCUT2D eigenvalue weighted by atomic mass is 10.1. The van der Waals surface area contributed by atoms with Crippen LogP contribution in [0.5, 0.6) is 0 Å². The summed E-state index contributed by atoms with van der Waals surface area (Å²) in [5, 5.41) is 2.90. The Morgan fingerprint density at radius 2 is 2.07 bits per heavy atom. The van der Waals surface area contributed by atoms with E-state index < -0.39 is 0 Å². The molecule has 1 aromatic rings. The number of anilines is 1. The van der Waals surface area contributed by atoms with Crippen molar-refractivity contribution in [1.29, 1.82) is 0 Å². The van der Waals surface area contributed by atoms with Gasteiger partial charge in [-0.25, -0.2) is 0 Å². The molecular weight excluding hydrogens is 188 g/mol. The van der Waals surface area contributed by atoms with Crippen LogP contribution in [0.1, 0.15) is 24.2 Å². The number of benzene rings is 1. The number of hydrogen-bond acceptors (Lipinski definition) is 2. The summed E-state index contributed by atoms with van der Waals surface area (Å²) in [4.78, 5) is 14.0. The van der Waals surface area contributed by atoms with Gasteiger partial charge in [-0.05, 0) is 26.0 Å². The summed E-state index contributed by atoms with van der Waals surface area (Å²) in [6, 6.07) is 8.19. The lowest BCUT2D eigenvalue weighted by Gasteiger charge is -2.28. The van der Waals surface area contributed by atoms with Crippen molar-refractivity contribution in [2.24, 2.45) is 0 Å². The van der Waals surface area contributed by atoms with Gasteiger partial charge in [0.05, 0.1) is 5.56 Å². The molecule has 0 spiro atoms. The summed E-state index contributed by atoms with van der Waals surface area (Å²) >= 11 is 0. The zero-order valence-electron chi connectivity index (χ0n) is 9.16. The fourth-order valence-electron chi connectivity index (χ4n) is 1.96. The van der Waals surface area contributed by atoms with Crippen LogP contribution in [0.2, 0.25) is 0 Å². The average molecular weight is 204 g/mol.